The van der Waals surface area contributed by atoms with Crippen LogP contribution in [0.5, 0.6) is 0 Å². The fourth-order valence-corrected chi connectivity index (χ4v) is 1.50. The van der Waals surface area contributed by atoms with E-state index < -0.39 is 0 Å². The zero-order valence-electron chi connectivity index (χ0n) is 10.9. The smallest absolute Gasteiger partial charge is 0.276 e. The molecule has 1 amide bonds. The summed E-state index contributed by atoms with van der Waals surface area (Å²) in [6, 6.07) is 5.13. The fraction of sp³-hybridized carbons (Fsp3) is 0.308. The summed E-state index contributed by atoms with van der Waals surface area (Å²) in [6.45, 7) is 4.75. The number of nitrogens with zero attached hydrogens (tertiary/aromatic N) is 2. The minimum absolute atomic E-state index is 0.317. The third-order valence-corrected chi connectivity index (χ3v) is 2.44. The number of rotatable bonds is 5. The third kappa shape index (κ3) is 3.54. The number of carbonyl (C=O) groups is 1. The molecule has 6 nitrogen and oxygen atoms in total. The van der Waals surface area contributed by atoms with Crippen molar-refractivity contribution in [2.24, 2.45) is 0 Å². The van der Waals surface area contributed by atoms with Crippen LogP contribution >= 0.6 is 0 Å². The second-order valence-corrected chi connectivity index (χ2v) is 4.15. The van der Waals surface area contributed by atoms with Crippen molar-refractivity contribution in [2.45, 2.75) is 20.3 Å². The van der Waals surface area contributed by atoms with Crippen LogP contribution < -0.4 is 10.6 Å². The molecule has 2 aromatic rings. The maximum Gasteiger partial charge on any atom is 0.276 e. The van der Waals surface area contributed by atoms with Crippen molar-refractivity contribution in [3.8, 4) is 0 Å². The molecule has 0 radical (unpaired) electrons. The number of pyridine rings is 1. The Morgan fingerprint density at radius 1 is 1.42 bits per heavy atom. The van der Waals surface area contributed by atoms with Gasteiger partial charge in [0.2, 0.25) is 5.88 Å². The summed E-state index contributed by atoms with van der Waals surface area (Å²) in [4.78, 5) is 16.0. The molecule has 0 bridgehead atoms. The molecule has 2 N–H and O–H groups in total. The first-order valence-electron chi connectivity index (χ1n) is 6.13. The van der Waals surface area contributed by atoms with Gasteiger partial charge >= 0.3 is 0 Å². The monoisotopic (exact) mass is 260 g/mol. The van der Waals surface area contributed by atoms with Gasteiger partial charge in [0.15, 0.2) is 0 Å². The molecule has 0 fully saturated rings. The molecule has 0 aliphatic heterocycles. The average molecular weight is 260 g/mol. The number of hydrogen-bond acceptors (Lipinski definition) is 5. The van der Waals surface area contributed by atoms with E-state index in [0.29, 0.717) is 17.3 Å². The minimum Gasteiger partial charge on any atom is -0.384 e. The number of carbonyl (C=O) groups excluding carboxylic acids is 1. The third-order valence-electron chi connectivity index (χ3n) is 2.44. The molecular weight excluding hydrogens is 244 g/mol. The lowest BCUT2D eigenvalue weighted by Gasteiger charge is -2.05. The summed E-state index contributed by atoms with van der Waals surface area (Å²) < 4.78 is 4.91. The quantitative estimate of drug-likeness (QED) is 0.863. The molecule has 0 atom stereocenters. The van der Waals surface area contributed by atoms with E-state index in [-0.39, 0.29) is 5.91 Å². The van der Waals surface area contributed by atoms with Crippen LogP contribution in [-0.4, -0.2) is 22.6 Å². The van der Waals surface area contributed by atoms with E-state index in [1.165, 1.54) is 0 Å². The van der Waals surface area contributed by atoms with Gasteiger partial charge in [0.05, 0.1) is 17.6 Å². The Morgan fingerprint density at radius 2 is 2.26 bits per heavy atom. The van der Waals surface area contributed by atoms with Crippen LogP contribution in [0.1, 0.15) is 29.5 Å². The molecule has 100 valence electrons. The second kappa shape index (κ2) is 5.99. The van der Waals surface area contributed by atoms with E-state index in [1.54, 1.807) is 25.3 Å². The van der Waals surface area contributed by atoms with Crippen LogP contribution in [0.4, 0.5) is 11.6 Å². The summed E-state index contributed by atoms with van der Waals surface area (Å²) in [5.74, 6) is -0.00400. The second-order valence-electron chi connectivity index (χ2n) is 4.15. The van der Waals surface area contributed by atoms with Gasteiger partial charge in [-0.15, -0.1) is 0 Å². The lowest BCUT2D eigenvalue weighted by molar-refractivity contribution is 0.101. The Balaban J connectivity index is 1.99. The predicted molar refractivity (Wildman–Crippen MR) is 72.2 cm³/mol. The van der Waals surface area contributed by atoms with E-state index in [4.69, 9.17) is 4.52 Å². The predicted octanol–water partition coefficient (Wildman–Crippen LogP) is 2.45. The van der Waals surface area contributed by atoms with Crippen LogP contribution in [0.25, 0.3) is 0 Å². The van der Waals surface area contributed by atoms with E-state index in [1.807, 2.05) is 6.07 Å². The number of nitrogens with one attached hydrogen (secondary N) is 2. The Morgan fingerprint density at radius 3 is 2.84 bits per heavy atom. The SMILES string of the molecule is CCCNc1ccc(C(=O)Nc2cc(C)no2)nc1. The fourth-order valence-electron chi connectivity index (χ4n) is 1.50. The van der Waals surface area contributed by atoms with Gasteiger partial charge in [-0.25, -0.2) is 4.98 Å². The zero-order chi connectivity index (χ0) is 13.7. The van der Waals surface area contributed by atoms with Crippen molar-refractivity contribution in [3.05, 3.63) is 35.8 Å². The van der Waals surface area contributed by atoms with Gasteiger partial charge in [-0.1, -0.05) is 12.1 Å². The normalized spacial score (nSPS) is 10.2. The first kappa shape index (κ1) is 13.1. The van der Waals surface area contributed by atoms with E-state index in [9.17, 15) is 4.79 Å². The molecule has 2 aromatic heterocycles. The van der Waals surface area contributed by atoms with E-state index >= 15 is 0 Å². The summed E-state index contributed by atoms with van der Waals surface area (Å²) >= 11 is 0. The van der Waals surface area contributed by atoms with E-state index in [2.05, 4.69) is 27.7 Å². The molecule has 0 aromatic carbocycles. The highest BCUT2D eigenvalue weighted by Gasteiger charge is 2.10. The van der Waals surface area contributed by atoms with Gasteiger partial charge in [0, 0.05) is 12.6 Å². The highest BCUT2D eigenvalue weighted by molar-refractivity contribution is 6.02. The first-order valence-corrected chi connectivity index (χ1v) is 6.13. The highest BCUT2D eigenvalue weighted by Crippen LogP contribution is 2.11. The average Bonchev–Trinajstić information content (AvgIpc) is 2.82. The Bertz CT molecular complexity index is 548. The van der Waals surface area contributed by atoms with Crippen LogP contribution in [0.15, 0.2) is 28.9 Å². The number of aromatic nitrogens is 2. The van der Waals surface area contributed by atoms with Crippen molar-refractivity contribution in [2.75, 3.05) is 17.2 Å². The maximum atomic E-state index is 11.9. The lowest BCUT2D eigenvalue weighted by Crippen LogP contribution is -2.13. The minimum atomic E-state index is -0.321. The Labute approximate surface area is 111 Å². The molecule has 0 saturated heterocycles. The van der Waals surface area contributed by atoms with Crippen molar-refractivity contribution in [1.29, 1.82) is 0 Å². The molecule has 19 heavy (non-hydrogen) atoms. The van der Waals surface area contributed by atoms with Gasteiger partial charge in [0.1, 0.15) is 5.69 Å². The van der Waals surface area contributed by atoms with Crippen molar-refractivity contribution in [3.63, 3.8) is 0 Å². The highest BCUT2D eigenvalue weighted by atomic mass is 16.5. The zero-order valence-corrected chi connectivity index (χ0v) is 10.9. The van der Waals surface area contributed by atoms with Crippen LogP contribution in [-0.2, 0) is 0 Å². The molecule has 0 aliphatic carbocycles. The molecular formula is C13H16N4O2. The molecule has 0 unspecified atom stereocenters. The summed E-state index contributed by atoms with van der Waals surface area (Å²) in [5, 5.41) is 9.47. The topological polar surface area (TPSA) is 80.0 Å². The number of amides is 1. The number of hydrogen-bond donors (Lipinski definition) is 2. The van der Waals surface area contributed by atoms with Gasteiger partial charge in [-0.2, -0.15) is 0 Å². The van der Waals surface area contributed by atoms with Crippen LogP contribution in [0, 0.1) is 6.92 Å². The van der Waals surface area contributed by atoms with Gasteiger partial charge in [0.25, 0.3) is 5.91 Å². The Hall–Kier alpha value is -2.37. The van der Waals surface area contributed by atoms with Gasteiger partial charge < -0.3 is 9.84 Å². The maximum absolute atomic E-state index is 11.9. The largest absolute Gasteiger partial charge is 0.384 e. The van der Waals surface area contributed by atoms with Crippen molar-refractivity contribution >= 4 is 17.5 Å². The standard InChI is InChI=1S/C13H16N4O2/c1-3-6-14-10-4-5-11(15-8-10)13(18)16-12-7-9(2)17-19-12/h4-5,7-8,14H,3,6H2,1-2H3,(H,16,18). The lowest BCUT2D eigenvalue weighted by atomic mass is 10.3. The summed E-state index contributed by atoms with van der Waals surface area (Å²) in [6.07, 6.45) is 2.67. The molecule has 0 saturated carbocycles. The van der Waals surface area contributed by atoms with Gasteiger partial charge in [-0.3, -0.25) is 10.1 Å². The van der Waals surface area contributed by atoms with E-state index in [0.717, 1.165) is 18.7 Å². The molecule has 2 heterocycles. The number of anilines is 2. The number of aryl methyl sites for hydroxylation is 1. The molecule has 2 rings (SSSR count). The van der Waals surface area contributed by atoms with Crippen LogP contribution in [0.3, 0.4) is 0 Å². The molecule has 0 aliphatic rings. The Kier molecular flexibility index (Phi) is 4.12. The summed E-state index contributed by atoms with van der Waals surface area (Å²) in [5.41, 5.74) is 1.94. The van der Waals surface area contributed by atoms with Crippen LogP contribution in [0.2, 0.25) is 0 Å². The molecule has 0 spiro atoms. The van der Waals surface area contributed by atoms with Crippen molar-refractivity contribution in [1.82, 2.24) is 10.1 Å². The first-order chi connectivity index (χ1) is 9.19. The van der Waals surface area contributed by atoms with Crippen molar-refractivity contribution < 1.29 is 9.32 Å². The summed E-state index contributed by atoms with van der Waals surface area (Å²) in [7, 11) is 0. The van der Waals surface area contributed by atoms with Gasteiger partial charge in [-0.05, 0) is 25.5 Å². The molecule has 6 heteroatoms.